The predicted molar refractivity (Wildman–Crippen MR) is 59.1 cm³/mol. The Morgan fingerprint density at radius 2 is 2.31 bits per heavy atom. The number of carbonyl (C=O) groups is 1. The molecule has 0 saturated carbocycles. The molecule has 1 fully saturated rings. The third-order valence-corrected chi connectivity index (χ3v) is 2.60. The number of anilines is 1. The van der Waals surface area contributed by atoms with E-state index in [1.54, 1.807) is 6.20 Å². The molecular weight excluding hydrogens is 206 g/mol. The first kappa shape index (κ1) is 11.0. The van der Waals surface area contributed by atoms with Crippen LogP contribution in [0.1, 0.15) is 25.3 Å². The second-order valence-electron chi connectivity index (χ2n) is 4.25. The van der Waals surface area contributed by atoms with Gasteiger partial charge in [0.25, 0.3) is 0 Å². The number of ether oxygens (including phenoxy) is 1. The summed E-state index contributed by atoms with van der Waals surface area (Å²) in [5, 5.41) is 10.5. The molecule has 1 aliphatic rings. The molecule has 16 heavy (non-hydrogen) atoms. The lowest BCUT2D eigenvalue weighted by molar-refractivity contribution is -0.133. The standard InChI is InChI=1S/C11H15N3O2/c1-7(2)8-3-10(14-12-4-8)13-11(15)9-5-16-6-9/h3-4,7,9H,5-6H2,1-2H3,(H,13,14,15). The zero-order chi connectivity index (χ0) is 11.5. The van der Waals surface area contributed by atoms with E-state index in [2.05, 4.69) is 29.4 Å². The third kappa shape index (κ3) is 2.36. The molecule has 86 valence electrons. The molecule has 0 atom stereocenters. The van der Waals surface area contributed by atoms with Crippen LogP contribution in [0.15, 0.2) is 12.3 Å². The SMILES string of the molecule is CC(C)c1cnnc(NC(=O)C2COC2)c1. The molecule has 1 N–H and O–H groups in total. The van der Waals surface area contributed by atoms with Crippen LogP contribution in [0, 0.1) is 5.92 Å². The van der Waals surface area contributed by atoms with Gasteiger partial charge in [-0.2, -0.15) is 5.10 Å². The summed E-state index contributed by atoms with van der Waals surface area (Å²) in [5.74, 6) is 0.812. The van der Waals surface area contributed by atoms with Gasteiger partial charge in [0.1, 0.15) is 0 Å². The van der Waals surface area contributed by atoms with E-state index in [0.29, 0.717) is 24.9 Å². The lowest BCUT2D eigenvalue weighted by Crippen LogP contribution is -2.38. The average molecular weight is 221 g/mol. The number of rotatable bonds is 3. The normalized spacial score (nSPS) is 15.9. The molecule has 0 bridgehead atoms. The Balaban J connectivity index is 2.03. The van der Waals surface area contributed by atoms with Crippen LogP contribution in [0.25, 0.3) is 0 Å². The fourth-order valence-corrected chi connectivity index (χ4v) is 1.37. The molecular formula is C11H15N3O2. The topological polar surface area (TPSA) is 64.1 Å². The molecule has 2 rings (SSSR count). The summed E-state index contributed by atoms with van der Waals surface area (Å²) in [6.45, 7) is 5.15. The van der Waals surface area contributed by atoms with Gasteiger partial charge < -0.3 is 10.1 Å². The summed E-state index contributed by atoms with van der Waals surface area (Å²) < 4.78 is 4.96. The summed E-state index contributed by atoms with van der Waals surface area (Å²) in [4.78, 5) is 11.6. The lowest BCUT2D eigenvalue weighted by Gasteiger charge is -2.24. The fraction of sp³-hybridized carbons (Fsp3) is 0.545. The molecule has 0 unspecified atom stereocenters. The highest BCUT2D eigenvalue weighted by Gasteiger charge is 2.26. The van der Waals surface area contributed by atoms with Gasteiger partial charge >= 0.3 is 0 Å². The highest BCUT2D eigenvalue weighted by Crippen LogP contribution is 2.17. The number of amides is 1. The van der Waals surface area contributed by atoms with Crippen molar-refractivity contribution in [1.29, 1.82) is 0 Å². The maximum atomic E-state index is 11.6. The van der Waals surface area contributed by atoms with Gasteiger partial charge in [0.2, 0.25) is 5.91 Å². The van der Waals surface area contributed by atoms with Crippen LogP contribution in [0.5, 0.6) is 0 Å². The summed E-state index contributed by atoms with van der Waals surface area (Å²) in [6.07, 6.45) is 1.72. The number of hydrogen-bond acceptors (Lipinski definition) is 4. The molecule has 0 aliphatic carbocycles. The number of nitrogens with one attached hydrogen (secondary N) is 1. The van der Waals surface area contributed by atoms with E-state index in [0.717, 1.165) is 5.56 Å². The van der Waals surface area contributed by atoms with Gasteiger partial charge in [-0.25, -0.2) is 0 Å². The van der Waals surface area contributed by atoms with Crippen molar-refractivity contribution in [3.8, 4) is 0 Å². The zero-order valence-corrected chi connectivity index (χ0v) is 9.43. The summed E-state index contributed by atoms with van der Waals surface area (Å²) >= 11 is 0. The van der Waals surface area contributed by atoms with Crippen molar-refractivity contribution in [2.45, 2.75) is 19.8 Å². The number of carbonyl (C=O) groups excluding carboxylic acids is 1. The van der Waals surface area contributed by atoms with Crippen molar-refractivity contribution in [3.63, 3.8) is 0 Å². The van der Waals surface area contributed by atoms with Gasteiger partial charge in [0, 0.05) is 0 Å². The first-order chi connectivity index (χ1) is 7.66. The van der Waals surface area contributed by atoms with Crippen molar-refractivity contribution in [1.82, 2.24) is 10.2 Å². The molecule has 0 radical (unpaired) electrons. The smallest absolute Gasteiger partial charge is 0.233 e. The molecule has 0 spiro atoms. The monoisotopic (exact) mass is 221 g/mol. The van der Waals surface area contributed by atoms with Gasteiger partial charge in [0.05, 0.1) is 25.3 Å². The minimum Gasteiger partial charge on any atom is -0.380 e. The summed E-state index contributed by atoms with van der Waals surface area (Å²) in [6, 6.07) is 1.86. The van der Waals surface area contributed by atoms with E-state index in [9.17, 15) is 4.79 Å². The quantitative estimate of drug-likeness (QED) is 0.832. The van der Waals surface area contributed by atoms with Crippen LogP contribution >= 0.6 is 0 Å². The van der Waals surface area contributed by atoms with E-state index in [-0.39, 0.29) is 11.8 Å². The Kier molecular flexibility index (Phi) is 3.14. The molecule has 1 saturated heterocycles. The van der Waals surface area contributed by atoms with E-state index in [4.69, 9.17) is 4.74 Å². The minimum atomic E-state index is -0.0403. The average Bonchev–Trinajstić information content (AvgIpc) is 2.15. The van der Waals surface area contributed by atoms with Crippen LogP contribution in [0.4, 0.5) is 5.82 Å². The largest absolute Gasteiger partial charge is 0.380 e. The fourth-order valence-electron chi connectivity index (χ4n) is 1.37. The zero-order valence-electron chi connectivity index (χ0n) is 9.43. The molecule has 2 heterocycles. The number of nitrogens with zero attached hydrogens (tertiary/aromatic N) is 2. The van der Waals surface area contributed by atoms with E-state index in [1.807, 2.05) is 6.07 Å². The van der Waals surface area contributed by atoms with E-state index in [1.165, 1.54) is 0 Å². The minimum absolute atomic E-state index is 0.0375. The van der Waals surface area contributed by atoms with Gasteiger partial charge in [-0.05, 0) is 17.5 Å². The molecule has 1 aromatic rings. The van der Waals surface area contributed by atoms with Crippen LogP contribution in [0.2, 0.25) is 0 Å². The van der Waals surface area contributed by atoms with Gasteiger partial charge in [-0.1, -0.05) is 13.8 Å². The van der Waals surface area contributed by atoms with Gasteiger partial charge in [0.15, 0.2) is 5.82 Å². The Labute approximate surface area is 94.2 Å². The van der Waals surface area contributed by atoms with Crippen LogP contribution in [-0.2, 0) is 9.53 Å². The molecule has 0 aromatic carbocycles. The Morgan fingerprint density at radius 1 is 1.56 bits per heavy atom. The highest BCUT2D eigenvalue weighted by atomic mass is 16.5. The first-order valence-electron chi connectivity index (χ1n) is 5.38. The van der Waals surface area contributed by atoms with E-state index >= 15 is 0 Å². The third-order valence-electron chi connectivity index (χ3n) is 2.60. The Bertz CT molecular complexity index is 389. The second-order valence-corrected chi connectivity index (χ2v) is 4.25. The number of hydrogen-bond donors (Lipinski definition) is 1. The maximum absolute atomic E-state index is 11.6. The maximum Gasteiger partial charge on any atom is 0.233 e. The van der Waals surface area contributed by atoms with Crippen LogP contribution in [0.3, 0.4) is 0 Å². The van der Waals surface area contributed by atoms with Crippen molar-refractivity contribution in [2.75, 3.05) is 18.5 Å². The predicted octanol–water partition coefficient (Wildman–Crippen LogP) is 1.18. The van der Waals surface area contributed by atoms with E-state index < -0.39 is 0 Å². The summed E-state index contributed by atoms with van der Waals surface area (Å²) in [5.41, 5.74) is 1.06. The Hall–Kier alpha value is -1.49. The molecule has 5 nitrogen and oxygen atoms in total. The first-order valence-corrected chi connectivity index (χ1v) is 5.38. The van der Waals surface area contributed by atoms with Gasteiger partial charge in [-0.3, -0.25) is 4.79 Å². The van der Waals surface area contributed by atoms with Crippen molar-refractivity contribution in [3.05, 3.63) is 17.8 Å². The van der Waals surface area contributed by atoms with Crippen molar-refractivity contribution < 1.29 is 9.53 Å². The number of aromatic nitrogens is 2. The highest BCUT2D eigenvalue weighted by molar-refractivity contribution is 5.92. The van der Waals surface area contributed by atoms with Gasteiger partial charge in [-0.15, -0.1) is 5.10 Å². The van der Waals surface area contributed by atoms with Crippen LogP contribution in [-0.4, -0.2) is 29.3 Å². The molecule has 1 aromatic heterocycles. The van der Waals surface area contributed by atoms with Crippen molar-refractivity contribution in [2.24, 2.45) is 5.92 Å². The van der Waals surface area contributed by atoms with Crippen molar-refractivity contribution >= 4 is 11.7 Å². The molecule has 1 amide bonds. The lowest BCUT2D eigenvalue weighted by atomic mass is 10.1. The second kappa shape index (κ2) is 4.57. The molecule has 1 aliphatic heterocycles. The summed E-state index contributed by atoms with van der Waals surface area (Å²) in [7, 11) is 0. The van der Waals surface area contributed by atoms with Crippen LogP contribution < -0.4 is 5.32 Å². The Morgan fingerprint density at radius 3 is 2.88 bits per heavy atom. The molecule has 5 heteroatoms.